The second-order valence-electron chi connectivity index (χ2n) is 4.68. The first-order valence-electron chi connectivity index (χ1n) is 6.35. The fourth-order valence-electron chi connectivity index (χ4n) is 1.85. The number of hydrogen-bond donors (Lipinski definition) is 1. The molecule has 0 aliphatic heterocycles. The highest BCUT2D eigenvalue weighted by atomic mass is 35.5. The number of halogens is 1. The van der Waals surface area contributed by atoms with Gasteiger partial charge in [0.1, 0.15) is 16.7 Å². The number of nitrogens with one attached hydrogen (secondary N) is 1. The number of hydrogen-bond acceptors (Lipinski definition) is 5. The van der Waals surface area contributed by atoms with Crippen LogP contribution in [-0.4, -0.2) is 29.9 Å². The number of carbonyl (C=O) groups excluding carboxylic acids is 1. The average Bonchev–Trinajstić information content (AvgIpc) is 2.47. The lowest BCUT2D eigenvalue weighted by Crippen LogP contribution is -2.26. The third-order valence-corrected chi connectivity index (χ3v) is 5.37. The van der Waals surface area contributed by atoms with Gasteiger partial charge in [-0.15, -0.1) is 0 Å². The van der Waals surface area contributed by atoms with Crippen LogP contribution in [0.15, 0.2) is 41.5 Å². The third-order valence-electron chi connectivity index (χ3n) is 3.16. The molecule has 1 N–H and O–H groups in total. The zero-order valence-electron chi connectivity index (χ0n) is 11.6. The van der Waals surface area contributed by atoms with E-state index in [4.69, 9.17) is 11.6 Å². The van der Waals surface area contributed by atoms with Gasteiger partial charge in [-0.25, -0.2) is 8.42 Å². The van der Waals surface area contributed by atoms with Gasteiger partial charge in [0.2, 0.25) is 0 Å². The summed E-state index contributed by atoms with van der Waals surface area (Å²) in [6, 6.07) is 5.93. The normalized spacial score (nSPS) is 12.8. The SMILES string of the molecule is CC(c1ncc[nH]c1=O)S(=O)(=O)CC(=O)c1ccc(Cl)cc1. The lowest BCUT2D eigenvalue weighted by atomic mass is 10.1. The molecule has 2 rings (SSSR count). The molecule has 116 valence electrons. The molecular formula is C14H13ClN2O4S. The van der Waals surface area contributed by atoms with Crippen molar-refractivity contribution >= 4 is 27.2 Å². The Bertz CT molecular complexity index is 844. The molecular weight excluding hydrogens is 328 g/mol. The van der Waals surface area contributed by atoms with Gasteiger partial charge < -0.3 is 4.98 Å². The molecule has 0 amide bonds. The van der Waals surface area contributed by atoms with Crippen molar-refractivity contribution < 1.29 is 13.2 Å². The molecule has 0 spiro atoms. The van der Waals surface area contributed by atoms with Gasteiger partial charge in [-0.3, -0.25) is 14.6 Å². The molecule has 1 unspecified atom stereocenters. The number of carbonyl (C=O) groups is 1. The van der Waals surface area contributed by atoms with Crippen molar-refractivity contribution in [1.29, 1.82) is 0 Å². The van der Waals surface area contributed by atoms with Crippen molar-refractivity contribution in [3.8, 4) is 0 Å². The summed E-state index contributed by atoms with van der Waals surface area (Å²) in [5.74, 6) is -1.26. The fourth-order valence-corrected chi connectivity index (χ4v) is 3.27. The van der Waals surface area contributed by atoms with Crippen molar-refractivity contribution in [3.05, 3.63) is 63.3 Å². The highest BCUT2D eigenvalue weighted by molar-refractivity contribution is 7.92. The van der Waals surface area contributed by atoms with Gasteiger partial charge in [0.15, 0.2) is 15.6 Å². The number of sulfone groups is 1. The van der Waals surface area contributed by atoms with Crippen molar-refractivity contribution in [1.82, 2.24) is 9.97 Å². The number of aromatic amines is 1. The Morgan fingerprint density at radius 2 is 1.95 bits per heavy atom. The number of benzene rings is 1. The molecule has 1 aromatic carbocycles. The molecule has 1 heterocycles. The van der Waals surface area contributed by atoms with Crippen molar-refractivity contribution in [2.75, 3.05) is 5.75 Å². The van der Waals surface area contributed by atoms with Gasteiger partial charge in [0.05, 0.1) is 0 Å². The topological polar surface area (TPSA) is 97.0 Å². The van der Waals surface area contributed by atoms with Crippen LogP contribution in [-0.2, 0) is 9.84 Å². The smallest absolute Gasteiger partial charge is 0.270 e. The van der Waals surface area contributed by atoms with Crippen LogP contribution in [0.2, 0.25) is 5.02 Å². The second-order valence-corrected chi connectivity index (χ2v) is 7.44. The molecule has 0 aliphatic rings. The van der Waals surface area contributed by atoms with E-state index in [9.17, 15) is 18.0 Å². The molecule has 8 heteroatoms. The number of Topliss-reactive ketones (excluding diaryl/α,β-unsaturated/α-hetero) is 1. The molecule has 1 atom stereocenters. The summed E-state index contributed by atoms with van der Waals surface area (Å²) < 4.78 is 24.6. The molecule has 22 heavy (non-hydrogen) atoms. The fraction of sp³-hybridized carbons (Fsp3) is 0.214. The highest BCUT2D eigenvalue weighted by Crippen LogP contribution is 2.19. The number of nitrogens with zero attached hydrogens (tertiary/aromatic N) is 1. The quantitative estimate of drug-likeness (QED) is 0.837. The predicted molar refractivity (Wildman–Crippen MR) is 82.8 cm³/mol. The Morgan fingerprint density at radius 3 is 2.55 bits per heavy atom. The minimum absolute atomic E-state index is 0.133. The molecule has 1 aromatic heterocycles. The molecule has 0 saturated carbocycles. The predicted octanol–water partition coefficient (Wildman–Crippen LogP) is 1.78. The van der Waals surface area contributed by atoms with E-state index >= 15 is 0 Å². The van der Waals surface area contributed by atoms with E-state index in [-0.39, 0.29) is 11.3 Å². The average molecular weight is 341 g/mol. The van der Waals surface area contributed by atoms with Crippen molar-refractivity contribution in [2.45, 2.75) is 12.2 Å². The van der Waals surface area contributed by atoms with Crippen LogP contribution in [0.5, 0.6) is 0 Å². The van der Waals surface area contributed by atoms with Gasteiger partial charge >= 0.3 is 0 Å². The van der Waals surface area contributed by atoms with Crippen molar-refractivity contribution in [2.24, 2.45) is 0 Å². The van der Waals surface area contributed by atoms with Crippen LogP contribution >= 0.6 is 11.6 Å². The number of aromatic nitrogens is 2. The van der Waals surface area contributed by atoms with E-state index in [1.165, 1.54) is 43.6 Å². The van der Waals surface area contributed by atoms with Gasteiger partial charge in [-0.1, -0.05) is 11.6 Å². The minimum atomic E-state index is -3.86. The lowest BCUT2D eigenvalue weighted by molar-refractivity contribution is 0.102. The summed E-state index contributed by atoms with van der Waals surface area (Å²) in [6.45, 7) is 1.34. The van der Waals surface area contributed by atoms with Crippen LogP contribution < -0.4 is 5.56 Å². The summed E-state index contributed by atoms with van der Waals surface area (Å²) in [6.07, 6.45) is 2.60. The van der Waals surface area contributed by atoms with Crippen molar-refractivity contribution in [3.63, 3.8) is 0 Å². The molecule has 2 aromatic rings. The third kappa shape index (κ3) is 3.61. The molecule has 0 radical (unpaired) electrons. The maximum atomic E-state index is 12.3. The highest BCUT2D eigenvalue weighted by Gasteiger charge is 2.29. The maximum Gasteiger partial charge on any atom is 0.270 e. The summed E-state index contributed by atoms with van der Waals surface area (Å²) in [5, 5.41) is -0.721. The Balaban J connectivity index is 2.24. The van der Waals surface area contributed by atoms with E-state index in [2.05, 4.69) is 9.97 Å². The number of H-pyrrole nitrogens is 1. The van der Waals surface area contributed by atoms with Gasteiger partial charge in [-0.05, 0) is 31.2 Å². The molecule has 6 nitrogen and oxygen atoms in total. The first-order valence-corrected chi connectivity index (χ1v) is 8.44. The Kier molecular flexibility index (Phi) is 4.77. The summed E-state index contributed by atoms with van der Waals surface area (Å²) in [4.78, 5) is 29.8. The maximum absolute atomic E-state index is 12.3. The molecule has 0 aliphatic carbocycles. The zero-order chi connectivity index (χ0) is 16.3. The van der Waals surface area contributed by atoms with Gasteiger partial charge in [0, 0.05) is 23.0 Å². The van der Waals surface area contributed by atoms with E-state index in [1.807, 2.05) is 0 Å². The largest absolute Gasteiger partial charge is 0.326 e. The Hall–Kier alpha value is -1.99. The summed E-state index contributed by atoms with van der Waals surface area (Å²) in [5.41, 5.74) is -0.473. The zero-order valence-corrected chi connectivity index (χ0v) is 13.2. The molecule has 0 bridgehead atoms. The van der Waals surface area contributed by atoms with Crippen LogP contribution in [0.4, 0.5) is 0 Å². The lowest BCUT2D eigenvalue weighted by Gasteiger charge is -2.11. The van der Waals surface area contributed by atoms with Crippen LogP contribution in [0.1, 0.15) is 28.2 Å². The summed E-state index contributed by atoms with van der Waals surface area (Å²) >= 11 is 5.72. The number of rotatable bonds is 5. The Labute approximate surface area is 132 Å². The number of ketones is 1. The van der Waals surface area contributed by atoms with Crippen LogP contribution in [0, 0.1) is 0 Å². The van der Waals surface area contributed by atoms with Gasteiger partial charge in [-0.2, -0.15) is 0 Å². The van der Waals surface area contributed by atoms with E-state index in [1.54, 1.807) is 0 Å². The van der Waals surface area contributed by atoms with E-state index < -0.39 is 32.2 Å². The molecule has 0 fully saturated rings. The van der Waals surface area contributed by atoms with E-state index in [0.29, 0.717) is 5.02 Å². The minimum Gasteiger partial charge on any atom is -0.326 e. The first kappa shape index (κ1) is 16.4. The second kappa shape index (κ2) is 6.41. The standard InChI is InChI=1S/C14H13ClN2O4S/c1-9(13-14(19)17-7-6-16-13)22(20,21)8-12(18)10-2-4-11(15)5-3-10/h2-7,9H,8H2,1H3,(H,17,19). The first-order chi connectivity index (χ1) is 10.3. The Morgan fingerprint density at radius 1 is 1.32 bits per heavy atom. The van der Waals surface area contributed by atoms with Crippen LogP contribution in [0.3, 0.4) is 0 Å². The summed E-state index contributed by atoms with van der Waals surface area (Å²) in [7, 11) is -3.86. The van der Waals surface area contributed by atoms with Gasteiger partial charge in [0.25, 0.3) is 5.56 Å². The monoisotopic (exact) mass is 340 g/mol. The van der Waals surface area contributed by atoms with E-state index in [0.717, 1.165) is 0 Å². The molecule has 0 saturated heterocycles. The van der Waals surface area contributed by atoms with Crippen LogP contribution in [0.25, 0.3) is 0 Å².